The molecule has 0 spiro atoms. The van der Waals surface area contributed by atoms with Gasteiger partial charge in [0.2, 0.25) is 10.0 Å². The number of rotatable bonds is 4. The summed E-state index contributed by atoms with van der Waals surface area (Å²) in [6.07, 6.45) is 1.55. The van der Waals surface area contributed by atoms with E-state index in [1.165, 1.54) is 0 Å². The maximum absolute atomic E-state index is 13.6. The monoisotopic (exact) mass is 358 g/mol. The van der Waals surface area contributed by atoms with Crippen molar-refractivity contribution in [3.8, 4) is 0 Å². The van der Waals surface area contributed by atoms with Crippen LogP contribution in [-0.2, 0) is 10.0 Å². The van der Waals surface area contributed by atoms with Crippen molar-refractivity contribution in [1.82, 2.24) is 10.0 Å². The second-order valence-electron chi connectivity index (χ2n) is 5.56. The first-order valence-corrected chi connectivity index (χ1v) is 8.07. The minimum absolute atomic E-state index is 0. The summed E-state index contributed by atoms with van der Waals surface area (Å²) in [5.41, 5.74) is -0.243. The van der Waals surface area contributed by atoms with Crippen molar-refractivity contribution in [2.45, 2.75) is 24.7 Å². The van der Waals surface area contributed by atoms with Gasteiger partial charge in [-0.2, -0.15) is 0 Å². The van der Waals surface area contributed by atoms with Crippen LogP contribution < -0.4 is 10.0 Å². The van der Waals surface area contributed by atoms with Crippen LogP contribution in [0.3, 0.4) is 0 Å². The summed E-state index contributed by atoms with van der Waals surface area (Å²) < 4.78 is 65.9. The Bertz CT molecular complexity index is 634. The standard InChI is InChI=1S/C13H17F3N2O2S.ClH/c1-13(4-6-17-7-5-13)8-18-21(19,20)10-3-2-9(14)11(15)12(10)16;/h2-3,17-18H,4-8H2,1H3;1H. The molecular formula is C13H18ClF3N2O2S. The van der Waals surface area contributed by atoms with E-state index in [0.717, 1.165) is 32.0 Å². The highest BCUT2D eigenvalue weighted by Gasteiger charge is 2.30. The van der Waals surface area contributed by atoms with Gasteiger partial charge in [0.1, 0.15) is 4.90 Å². The summed E-state index contributed by atoms with van der Waals surface area (Å²) in [6.45, 7) is 3.60. The maximum Gasteiger partial charge on any atom is 0.243 e. The molecule has 1 aromatic carbocycles. The van der Waals surface area contributed by atoms with E-state index in [1.807, 2.05) is 6.92 Å². The third-order valence-corrected chi connectivity index (χ3v) is 5.21. The first-order valence-electron chi connectivity index (χ1n) is 6.59. The predicted octanol–water partition coefficient (Wildman–Crippen LogP) is 2.19. The molecular weight excluding hydrogens is 341 g/mol. The number of piperidine rings is 1. The smallest absolute Gasteiger partial charge is 0.243 e. The van der Waals surface area contributed by atoms with Crippen LogP contribution in [0.5, 0.6) is 0 Å². The van der Waals surface area contributed by atoms with Crippen molar-refractivity contribution >= 4 is 22.4 Å². The fourth-order valence-electron chi connectivity index (χ4n) is 2.27. The van der Waals surface area contributed by atoms with Gasteiger partial charge in [0, 0.05) is 6.54 Å². The van der Waals surface area contributed by atoms with Gasteiger partial charge in [-0.1, -0.05) is 6.92 Å². The highest BCUT2D eigenvalue weighted by molar-refractivity contribution is 7.89. The summed E-state index contributed by atoms with van der Waals surface area (Å²) in [5.74, 6) is -4.90. The zero-order chi connectivity index (χ0) is 15.7. The molecule has 1 saturated heterocycles. The number of nitrogens with one attached hydrogen (secondary N) is 2. The third kappa shape index (κ3) is 4.13. The molecule has 1 heterocycles. The fraction of sp³-hybridized carbons (Fsp3) is 0.538. The Morgan fingerprint density at radius 1 is 1.18 bits per heavy atom. The van der Waals surface area contributed by atoms with Crippen LogP contribution in [0.4, 0.5) is 13.2 Å². The normalized spacial score (nSPS) is 17.8. The van der Waals surface area contributed by atoms with Gasteiger partial charge in [0.25, 0.3) is 0 Å². The molecule has 0 atom stereocenters. The Balaban J connectivity index is 0.00000242. The number of halogens is 4. The SMILES string of the molecule is CC1(CNS(=O)(=O)c2ccc(F)c(F)c2F)CCNCC1.Cl. The first-order chi connectivity index (χ1) is 9.75. The molecule has 22 heavy (non-hydrogen) atoms. The minimum atomic E-state index is -4.22. The summed E-state index contributed by atoms with van der Waals surface area (Å²) in [7, 11) is -4.22. The number of benzene rings is 1. The summed E-state index contributed by atoms with van der Waals surface area (Å²) in [4.78, 5) is -0.876. The lowest BCUT2D eigenvalue weighted by atomic mass is 9.81. The van der Waals surface area contributed by atoms with E-state index in [0.29, 0.717) is 6.07 Å². The largest absolute Gasteiger partial charge is 0.317 e. The molecule has 126 valence electrons. The average Bonchev–Trinajstić information content (AvgIpc) is 2.44. The van der Waals surface area contributed by atoms with Crippen molar-refractivity contribution in [3.63, 3.8) is 0 Å². The Kier molecular flexibility index (Phi) is 6.26. The molecule has 1 fully saturated rings. The van der Waals surface area contributed by atoms with Gasteiger partial charge in [-0.15, -0.1) is 12.4 Å². The number of hydrogen-bond acceptors (Lipinski definition) is 3. The van der Waals surface area contributed by atoms with Crippen LogP contribution in [-0.4, -0.2) is 28.1 Å². The Hall–Kier alpha value is -0.830. The van der Waals surface area contributed by atoms with Crippen molar-refractivity contribution in [2.24, 2.45) is 5.41 Å². The van der Waals surface area contributed by atoms with E-state index in [1.54, 1.807) is 0 Å². The molecule has 0 radical (unpaired) electrons. The highest BCUT2D eigenvalue weighted by Crippen LogP contribution is 2.28. The van der Waals surface area contributed by atoms with Crippen molar-refractivity contribution in [2.75, 3.05) is 19.6 Å². The quantitative estimate of drug-likeness (QED) is 0.811. The lowest BCUT2D eigenvalue weighted by Gasteiger charge is -2.34. The molecule has 0 unspecified atom stereocenters. The van der Waals surface area contributed by atoms with E-state index in [9.17, 15) is 21.6 Å². The van der Waals surface area contributed by atoms with Gasteiger partial charge in [0.15, 0.2) is 17.5 Å². The van der Waals surface area contributed by atoms with E-state index in [-0.39, 0.29) is 24.4 Å². The molecule has 0 saturated carbocycles. The Morgan fingerprint density at radius 3 is 2.36 bits per heavy atom. The molecule has 1 aromatic rings. The first kappa shape index (κ1) is 19.2. The average molecular weight is 359 g/mol. The van der Waals surface area contributed by atoms with Crippen LogP contribution in [0.25, 0.3) is 0 Å². The van der Waals surface area contributed by atoms with Crippen molar-refractivity contribution < 1.29 is 21.6 Å². The van der Waals surface area contributed by atoms with Crippen LogP contribution in [0.15, 0.2) is 17.0 Å². The molecule has 0 aliphatic carbocycles. The lowest BCUT2D eigenvalue weighted by Crippen LogP contribution is -2.43. The Labute approximate surface area is 133 Å². The lowest BCUT2D eigenvalue weighted by molar-refractivity contribution is 0.232. The zero-order valence-electron chi connectivity index (χ0n) is 12.0. The summed E-state index contributed by atoms with van der Waals surface area (Å²) in [5, 5.41) is 3.16. The Morgan fingerprint density at radius 2 is 1.77 bits per heavy atom. The number of sulfonamides is 1. The van der Waals surface area contributed by atoms with Crippen LogP contribution >= 0.6 is 12.4 Å². The van der Waals surface area contributed by atoms with E-state index in [2.05, 4.69) is 10.0 Å². The topological polar surface area (TPSA) is 58.2 Å². The molecule has 9 heteroatoms. The zero-order valence-corrected chi connectivity index (χ0v) is 13.6. The van der Waals surface area contributed by atoms with Crippen LogP contribution in [0.1, 0.15) is 19.8 Å². The third-order valence-electron chi connectivity index (χ3n) is 3.79. The minimum Gasteiger partial charge on any atom is -0.317 e. The predicted molar refractivity (Wildman–Crippen MR) is 79.0 cm³/mol. The van der Waals surface area contributed by atoms with Gasteiger partial charge in [-0.25, -0.2) is 26.3 Å². The van der Waals surface area contributed by atoms with Gasteiger partial charge < -0.3 is 5.32 Å². The molecule has 0 bridgehead atoms. The van der Waals surface area contributed by atoms with Crippen LogP contribution in [0.2, 0.25) is 0 Å². The summed E-state index contributed by atoms with van der Waals surface area (Å²) in [6, 6.07) is 1.32. The molecule has 1 aliphatic heterocycles. The maximum atomic E-state index is 13.6. The second kappa shape index (κ2) is 7.16. The fourth-order valence-corrected chi connectivity index (χ4v) is 3.54. The van der Waals surface area contributed by atoms with Gasteiger partial charge in [-0.05, 0) is 43.5 Å². The van der Waals surface area contributed by atoms with Crippen molar-refractivity contribution in [3.05, 3.63) is 29.6 Å². The van der Waals surface area contributed by atoms with Crippen molar-refractivity contribution in [1.29, 1.82) is 0 Å². The summed E-state index contributed by atoms with van der Waals surface area (Å²) >= 11 is 0. The van der Waals surface area contributed by atoms with E-state index >= 15 is 0 Å². The number of hydrogen-bond donors (Lipinski definition) is 2. The van der Waals surface area contributed by atoms with E-state index < -0.39 is 32.4 Å². The van der Waals surface area contributed by atoms with Crippen LogP contribution in [0, 0.1) is 22.9 Å². The molecule has 0 aromatic heterocycles. The van der Waals surface area contributed by atoms with Gasteiger partial charge >= 0.3 is 0 Å². The van der Waals surface area contributed by atoms with Gasteiger partial charge in [-0.3, -0.25) is 0 Å². The second-order valence-corrected chi connectivity index (χ2v) is 7.29. The highest BCUT2D eigenvalue weighted by atomic mass is 35.5. The van der Waals surface area contributed by atoms with Gasteiger partial charge in [0.05, 0.1) is 0 Å². The molecule has 1 aliphatic rings. The molecule has 4 nitrogen and oxygen atoms in total. The van der Waals surface area contributed by atoms with E-state index in [4.69, 9.17) is 0 Å². The molecule has 0 amide bonds. The molecule has 2 N–H and O–H groups in total. The molecule has 2 rings (SSSR count).